The standard InChI is InChI=1S/C12H20ClN3O/c1-8(2)5-10-14-9(13)6-11(15-10)16-12(3,4)7-17/h6,8,17H,5,7H2,1-4H3,(H,14,15,16). The van der Waals surface area contributed by atoms with Gasteiger partial charge in [-0.2, -0.15) is 0 Å². The molecule has 0 fully saturated rings. The van der Waals surface area contributed by atoms with Crippen molar-refractivity contribution in [3.8, 4) is 0 Å². The Morgan fingerprint density at radius 3 is 2.59 bits per heavy atom. The maximum Gasteiger partial charge on any atom is 0.134 e. The van der Waals surface area contributed by atoms with Crippen LogP contribution in [0, 0.1) is 5.92 Å². The summed E-state index contributed by atoms with van der Waals surface area (Å²) in [6.07, 6.45) is 0.787. The Kier molecular flexibility index (Phi) is 4.71. The minimum atomic E-state index is -0.424. The summed E-state index contributed by atoms with van der Waals surface area (Å²) < 4.78 is 0. The van der Waals surface area contributed by atoms with Crippen molar-refractivity contribution < 1.29 is 5.11 Å². The molecule has 2 N–H and O–H groups in total. The number of halogens is 1. The summed E-state index contributed by atoms with van der Waals surface area (Å²) in [4.78, 5) is 8.57. The normalized spacial score (nSPS) is 11.9. The lowest BCUT2D eigenvalue weighted by atomic mass is 10.1. The first kappa shape index (κ1) is 14.2. The van der Waals surface area contributed by atoms with Crippen LogP contribution in [0.2, 0.25) is 5.15 Å². The van der Waals surface area contributed by atoms with Crippen LogP contribution in [0.25, 0.3) is 0 Å². The number of aliphatic hydroxyl groups excluding tert-OH is 1. The summed E-state index contributed by atoms with van der Waals surface area (Å²) in [5.74, 6) is 1.86. The lowest BCUT2D eigenvalue weighted by molar-refractivity contribution is 0.234. The first-order chi connectivity index (χ1) is 7.82. The molecule has 0 radical (unpaired) electrons. The molecule has 0 aliphatic rings. The van der Waals surface area contributed by atoms with Gasteiger partial charge in [-0.3, -0.25) is 0 Å². The van der Waals surface area contributed by atoms with Crippen LogP contribution in [0.15, 0.2) is 6.07 Å². The van der Waals surface area contributed by atoms with Gasteiger partial charge in [0.2, 0.25) is 0 Å². The van der Waals surface area contributed by atoms with Gasteiger partial charge < -0.3 is 10.4 Å². The molecule has 96 valence electrons. The Bertz CT molecular complexity index is 380. The fraction of sp³-hybridized carbons (Fsp3) is 0.667. The second-order valence-electron chi connectivity index (χ2n) is 5.26. The average molecular weight is 258 g/mol. The van der Waals surface area contributed by atoms with Gasteiger partial charge >= 0.3 is 0 Å². The van der Waals surface area contributed by atoms with E-state index in [1.54, 1.807) is 6.07 Å². The lowest BCUT2D eigenvalue weighted by Crippen LogP contribution is -2.35. The van der Waals surface area contributed by atoms with E-state index >= 15 is 0 Å². The summed E-state index contributed by atoms with van der Waals surface area (Å²) >= 11 is 5.95. The molecule has 0 aliphatic carbocycles. The molecule has 0 unspecified atom stereocenters. The second-order valence-corrected chi connectivity index (χ2v) is 5.64. The SMILES string of the molecule is CC(C)Cc1nc(Cl)cc(NC(C)(C)CO)n1. The van der Waals surface area contributed by atoms with E-state index in [2.05, 4.69) is 29.1 Å². The molecule has 4 nitrogen and oxygen atoms in total. The third-order valence-corrected chi connectivity index (χ3v) is 2.39. The van der Waals surface area contributed by atoms with Gasteiger partial charge in [0.15, 0.2) is 0 Å². The Morgan fingerprint density at radius 1 is 1.41 bits per heavy atom. The van der Waals surface area contributed by atoms with E-state index in [0.717, 1.165) is 12.2 Å². The highest BCUT2D eigenvalue weighted by atomic mass is 35.5. The smallest absolute Gasteiger partial charge is 0.134 e. The summed E-state index contributed by atoms with van der Waals surface area (Å²) in [6.45, 7) is 8.02. The lowest BCUT2D eigenvalue weighted by Gasteiger charge is -2.24. The maximum atomic E-state index is 9.20. The van der Waals surface area contributed by atoms with Gasteiger partial charge in [-0.05, 0) is 19.8 Å². The van der Waals surface area contributed by atoms with Gasteiger partial charge in [0.25, 0.3) is 0 Å². The number of aromatic nitrogens is 2. The van der Waals surface area contributed by atoms with Crippen molar-refractivity contribution in [1.29, 1.82) is 0 Å². The first-order valence-corrected chi connectivity index (χ1v) is 6.13. The minimum Gasteiger partial charge on any atom is -0.394 e. The Hall–Kier alpha value is -0.870. The van der Waals surface area contributed by atoms with E-state index < -0.39 is 5.54 Å². The molecule has 0 bridgehead atoms. The summed E-state index contributed by atoms with van der Waals surface area (Å²) in [5, 5.41) is 12.8. The molecular formula is C12H20ClN3O. The van der Waals surface area contributed by atoms with Gasteiger partial charge in [0.05, 0.1) is 12.1 Å². The van der Waals surface area contributed by atoms with Crippen molar-refractivity contribution in [3.05, 3.63) is 17.0 Å². The van der Waals surface area contributed by atoms with Crippen molar-refractivity contribution in [1.82, 2.24) is 9.97 Å². The predicted molar refractivity (Wildman–Crippen MR) is 70.4 cm³/mol. The molecule has 1 rings (SSSR count). The second kappa shape index (κ2) is 5.65. The Morgan fingerprint density at radius 2 is 2.06 bits per heavy atom. The predicted octanol–water partition coefficient (Wildman–Crippen LogP) is 2.51. The number of rotatable bonds is 5. The van der Waals surface area contributed by atoms with E-state index in [4.69, 9.17) is 11.6 Å². The van der Waals surface area contributed by atoms with Crippen LogP contribution in [0.3, 0.4) is 0 Å². The number of anilines is 1. The molecule has 0 amide bonds. The van der Waals surface area contributed by atoms with Crippen LogP contribution in [0.4, 0.5) is 5.82 Å². The largest absolute Gasteiger partial charge is 0.394 e. The zero-order valence-electron chi connectivity index (χ0n) is 10.8. The van der Waals surface area contributed by atoms with Crippen LogP contribution in [0.5, 0.6) is 0 Å². The monoisotopic (exact) mass is 257 g/mol. The van der Waals surface area contributed by atoms with Crippen molar-refractivity contribution in [2.45, 2.75) is 39.7 Å². The minimum absolute atomic E-state index is 0.0220. The molecule has 1 aromatic rings. The third-order valence-electron chi connectivity index (χ3n) is 2.19. The molecule has 17 heavy (non-hydrogen) atoms. The highest BCUT2D eigenvalue weighted by Gasteiger charge is 2.17. The van der Waals surface area contributed by atoms with Crippen LogP contribution < -0.4 is 5.32 Å². The van der Waals surface area contributed by atoms with Crippen molar-refractivity contribution >= 4 is 17.4 Å². The van der Waals surface area contributed by atoms with Crippen molar-refractivity contribution in [2.24, 2.45) is 5.92 Å². The molecule has 0 saturated heterocycles. The van der Waals surface area contributed by atoms with E-state index in [9.17, 15) is 5.11 Å². The van der Waals surface area contributed by atoms with E-state index in [-0.39, 0.29) is 6.61 Å². The molecule has 0 saturated carbocycles. The van der Waals surface area contributed by atoms with Crippen LogP contribution in [-0.2, 0) is 6.42 Å². The zero-order chi connectivity index (χ0) is 13.1. The fourth-order valence-electron chi connectivity index (χ4n) is 1.37. The molecule has 1 aromatic heterocycles. The average Bonchev–Trinajstić information content (AvgIpc) is 2.14. The zero-order valence-corrected chi connectivity index (χ0v) is 11.5. The first-order valence-electron chi connectivity index (χ1n) is 5.75. The third kappa shape index (κ3) is 4.88. The Labute approximate surface area is 107 Å². The van der Waals surface area contributed by atoms with E-state index in [0.29, 0.717) is 16.9 Å². The molecule has 0 aromatic carbocycles. The van der Waals surface area contributed by atoms with E-state index in [1.807, 2.05) is 13.8 Å². The number of nitrogens with zero attached hydrogens (tertiary/aromatic N) is 2. The molecule has 5 heteroatoms. The van der Waals surface area contributed by atoms with E-state index in [1.165, 1.54) is 0 Å². The molecule has 0 atom stereocenters. The van der Waals surface area contributed by atoms with Crippen molar-refractivity contribution in [2.75, 3.05) is 11.9 Å². The molecule has 0 aliphatic heterocycles. The molecular weight excluding hydrogens is 238 g/mol. The summed E-state index contributed by atoms with van der Waals surface area (Å²) in [5.41, 5.74) is -0.424. The quantitative estimate of drug-likeness (QED) is 0.796. The van der Waals surface area contributed by atoms with Gasteiger partial charge in [-0.25, -0.2) is 9.97 Å². The number of hydrogen-bond donors (Lipinski definition) is 2. The summed E-state index contributed by atoms with van der Waals surface area (Å²) in [7, 11) is 0. The van der Waals surface area contributed by atoms with Crippen LogP contribution in [0.1, 0.15) is 33.5 Å². The number of aliphatic hydroxyl groups is 1. The number of nitrogens with one attached hydrogen (secondary N) is 1. The van der Waals surface area contributed by atoms with Crippen molar-refractivity contribution in [3.63, 3.8) is 0 Å². The topological polar surface area (TPSA) is 58.0 Å². The molecule has 0 spiro atoms. The van der Waals surface area contributed by atoms with Gasteiger partial charge in [0, 0.05) is 12.5 Å². The van der Waals surface area contributed by atoms with Gasteiger partial charge in [0.1, 0.15) is 16.8 Å². The summed E-state index contributed by atoms with van der Waals surface area (Å²) in [6, 6.07) is 1.67. The Balaban J connectivity index is 2.89. The number of hydrogen-bond acceptors (Lipinski definition) is 4. The van der Waals surface area contributed by atoms with Crippen LogP contribution >= 0.6 is 11.6 Å². The molecule has 1 heterocycles. The maximum absolute atomic E-state index is 9.20. The van der Waals surface area contributed by atoms with Crippen LogP contribution in [-0.4, -0.2) is 27.2 Å². The highest BCUT2D eigenvalue weighted by molar-refractivity contribution is 6.29. The fourth-order valence-corrected chi connectivity index (χ4v) is 1.57. The van der Waals surface area contributed by atoms with Gasteiger partial charge in [-0.1, -0.05) is 25.4 Å². The highest BCUT2D eigenvalue weighted by Crippen LogP contribution is 2.17. The van der Waals surface area contributed by atoms with Gasteiger partial charge in [-0.15, -0.1) is 0 Å².